The molecule has 30 heavy (non-hydrogen) atoms. The van der Waals surface area contributed by atoms with Gasteiger partial charge in [-0.1, -0.05) is 23.7 Å². The van der Waals surface area contributed by atoms with Crippen molar-refractivity contribution in [2.75, 3.05) is 31.1 Å². The molecule has 4 aromatic rings. The molecule has 1 aliphatic rings. The number of carbonyl (C=O) groups excluding carboxylic acids is 1. The molecule has 0 unspecified atom stereocenters. The van der Waals surface area contributed by atoms with Gasteiger partial charge in [0.25, 0.3) is 5.91 Å². The summed E-state index contributed by atoms with van der Waals surface area (Å²) in [6.45, 7) is 3.93. The fraction of sp³-hybridized carbons (Fsp3) is 0.238. The first-order chi connectivity index (χ1) is 14.5. The normalized spacial score (nSPS) is 14.6. The monoisotopic (exact) mass is 424 g/mol. The van der Waals surface area contributed by atoms with Crippen molar-refractivity contribution in [2.24, 2.45) is 0 Å². The molecule has 152 valence electrons. The van der Waals surface area contributed by atoms with Crippen LogP contribution in [0, 0.1) is 12.7 Å². The number of benzene rings is 2. The standard InChI is InChI=1S/C21H18ClFN6O/c1-13-25-26-19-16-7-6-14(22)12-18(16)24-21(29(13)19)28-10-8-27(9-11-28)20(30)15-4-2-3-5-17(15)23/h2-7,12H,8-11H2,1H3. The minimum atomic E-state index is -0.500. The molecular weight excluding hydrogens is 407 g/mol. The van der Waals surface area contributed by atoms with Crippen LogP contribution < -0.4 is 4.90 Å². The lowest BCUT2D eigenvalue weighted by Gasteiger charge is -2.35. The van der Waals surface area contributed by atoms with Gasteiger partial charge in [-0.3, -0.25) is 4.79 Å². The van der Waals surface area contributed by atoms with Gasteiger partial charge in [0.1, 0.15) is 11.6 Å². The zero-order valence-electron chi connectivity index (χ0n) is 16.2. The maximum atomic E-state index is 14.0. The van der Waals surface area contributed by atoms with E-state index < -0.39 is 5.82 Å². The molecule has 3 heterocycles. The van der Waals surface area contributed by atoms with Crippen LogP contribution in [0.1, 0.15) is 16.2 Å². The van der Waals surface area contributed by atoms with Gasteiger partial charge in [-0.2, -0.15) is 0 Å². The molecule has 0 radical (unpaired) electrons. The Kier molecular flexibility index (Phi) is 4.51. The van der Waals surface area contributed by atoms with Gasteiger partial charge in [0.2, 0.25) is 5.95 Å². The number of hydrogen-bond donors (Lipinski definition) is 0. The highest BCUT2D eigenvalue weighted by atomic mass is 35.5. The summed E-state index contributed by atoms with van der Waals surface area (Å²) < 4.78 is 15.9. The Bertz CT molecular complexity index is 1280. The van der Waals surface area contributed by atoms with E-state index in [0.29, 0.717) is 42.8 Å². The second-order valence-corrected chi connectivity index (χ2v) is 7.68. The van der Waals surface area contributed by atoms with Gasteiger partial charge in [0.05, 0.1) is 11.1 Å². The maximum absolute atomic E-state index is 14.0. The average molecular weight is 425 g/mol. The number of aromatic nitrogens is 4. The quantitative estimate of drug-likeness (QED) is 0.493. The molecule has 0 bridgehead atoms. The minimum Gasteiger partial charge on any atom is -0.338 e. The number of anilines is 1. The number of carbonyl (C=O) groups is 1. The van der Waals surface area contributed by atoms with Crippen molar-refractivity contribution in [1.82, 2.24) is 24.5 Å². The van der Waals surface area contributed by atoms with Crippen molar-refractivity contribution in [2.45, 2.75) is 6.92 Å². The Morgan fingerprint density at radius 2 is 1.83 bits per heavy atom. The van der Waals surface area contributed by atoms with E-state index >= 15 is 0 Å². The molecule has 7 nitrogen and oxygen atoms in total. The number of rotatable bonds is 2. The fourth-order valence-corrected chi connectivity index (χ4v) is 4.01. The third-order valence-corrected chi connectivity index (χ3v) is 5.64. The van der Waals surface area contributed by atoms with E-state index in [1.807, 2.05) is 29.5 Å². The van der Waals surface area contributed by atoms with E-state index in [0.717, 1.165) is 16.7 Å². The number of nitrogens with zero attached hydrogens (tertiary/aromatic N) is 6. The highest BCUT2D eigenvalue weighted by molar-refractivity contribution is 6.31. The number of aryl methyl sites for hydroxylation is 1. The summed E-state index contributed by atoms with van der Waals surface area (Å²) in [7, 11) is 0. The van der Waals surface area contributed by atoms with E-state index in [4.69, 9.17) is 16.6 Å². The minimum absolute atomic E-state index is 0.0986. The van der Waals surface area contributed by atoms with E-state index in [2.05, 4.69) is 15.1 Å². The van der Waals surface area contributed by atoms with Crippen molar-refractivity contribution in [3.05, 3.63) is 64.7 Å². The van der Waals surface area contributed by atoms with Gasteiger partial charge in [-0.05, 0) is 37.3 Å². The molecule has 1 fully saturated rings. The second kappa shape index (κ2) is 7.21. The summed E-state index contributed by atoms with van der Waals surface area (Å²) in [5.74, 6) is 0.644. The Morgan fingerprint density at radius 3 is 2.60 bits per heavy atom. The van der Waals surface area contributed by atoms with Crippen LogP contribution in [0.3, 0.4) is 0 Å². The summed E-state index contributed by atoms with van der Waals surface area (Å²) in [6.07, 6.45) is 0. The molecule has 1 aliphatic heterocycles. The summed E-state index contributed by atoms with van der Waals surface area (Å²) in [5.41, 5.74) is 1.55. The molecule has 0 aliphatic carbocycles. The molecular formula is C21H18ClFN6O. The van der Waals surface area contributed by atoms with Gasteiger partial charge in [-0.15, -0.1) is 10.2 Å². The SMILES string of the molecule is Cc1nnc2c3ccc(Cl)cc3nc(N3CCN(C(=O)c4ccccc4F)CC3)n12. The largest absolute Gasteiger partial charge is 0.338 e. The van der Waals surface area contributed by atoms with E-state index in [1.165, 1.54) is 12.1 Å². The summed E-state index contributed by atoms with van der Waals surface area (Å²) in [5, 5.41) is 10.0. The highest BCUT2D eigenvalue weighted by Gasteiger charge is 2.26. The molecule has 1 amide bonds. The summed E-state index contributed by atoms with van der Waals surface area (Å²) in [6, 6.07) is 11.6. The number of hydrogen-bond acceptors (Lipinski definition) is 5. The molecule has 0 N–H and O–H groups in total. The van der Waals surface area contributed by atoms with Crippen LogP contribution in [0.4, 0.5) is 10.3 Å². The van der Waals surface area contributed by atoms with Crippen molar-refractivity contribution >= 4 is 40.0 Å². The van der Waals surface area contributed by atoms with E-state index in [-0.39, 0.29) is 11.5 Å². The van der Waals surface area contributed by atoms with E-state index in [1.54, 1.807) is 17.0 Å². The van der Waals surface area contributed by atoms with E-state index in [9.17, 15) is 9.18 Å². The number of piperazine rings is 1. The lowest BCUT2D eigenvalue weighted by Crippen LogP contribution is -2.49. The first-order valence-electron chi connectivity index (χ1n) is 9.62. The molecule has 5 rings (SSSR count). The van der Waals surface area contributed by atoms with Gasteiger partial charge >= 0.3 is 0 Å². The zero-order valence-corrected chi connectivity index (χ0v) is 17.0. The Balaban J connectivity index is 1.46. The van der Waals surface area contributed by atoms with Gasteiger partial charge in [-0.25, -0.2) is 13.8 Å². The smallest absolute Gasteiger partial charge is 0.256 e. The number of halogens is 2. The Morgan fingerprint density at radius 1 is 1.07 bits per heavy atom. The Labute approximate surface area is 176 Å². The molecule has 0 atom stereocenters. The molecule has 9 heteroatoms. The summed E-state index contributed by atoms with van der Waals surface area (Å²) >= 11 is 6.17. The lowest BCUT2D eigenvalue weighted by molar-refractivity contribution is 0.0741. The van der Waals surface area contributed by atoms with Crippen LogP contribution in [0.2, 0.25) is 5.02 Å². The van der Waals surface area contributed by atoms with Crippen LogP contribution in [0.15, 0.2) is 42.5 Å². The second-order valence-electron chi connectivity index (χ2n) is 7.24. The van der Waals surface area contributed by atoms with Crippen LogP contribution >= 0.6 is 11.6 Å². The lowest BCUT2D eigenvalue weighted by atomic mass is 10.1. The highest BCUT2D eigenvalue weighted by Crippen LogP contribution is 2.27. The molecule has 0 saturated carbocycles. The molecule has 2 aromatic carbocycles. The first kappa shape index (κ1) is 18.7. The average Bonchev–Trinajstić information content (AvgIpc) is 3.15. The van der Waals surface area contributed by atoms with Gasteiger partial charge in [0.15, 0.2) is 5.65 Å². The third kappa shape index (κ3) is 3.04. The summed E-state index contributed by atoms with van der Waals surface area (Å²) in [4.78, 5) is 21.3. The van der Waals surface area contributed by atoms with Crippen LogP contribution in [-0.4, -0.2) is 56.6 Å². The van der Waals surface area contributed by atoms with Crippen LogP contribution in [0.5, 0.6) is 0 Å². The molecule has 0 spiro atoms. The van der Waals surface area contributed by atoms with Gasteiger partial charge in [0, 0.05) is 36.6 Å². The van der Waals surface area contributed by atoms with Gasteiger partial charge < -0.3 is 9.80 Å². The van der Waals surface area contributed by atoms with Crippen LogP contribution in [-0.2, 0) is 0 Å². The van der Waals surface area contributed by atoms with Crippen molar-refractivity contribution in [3.8, 4) is 0 Å². The predicted molar refractivity (Wildman–Crippen MR) is 113 cm³/mol. The number of fused-ring (bicyclic) bond motifs is 3. The van der Waals surface area contributed by atoms with Crippen molar-refractivity contribution < 1.29 is 9.18 Å². The predicted octanol–water partition coefficient (Wildman–Crippen LogP) is 3.34. The van der Waals surface area contributed by atoms with Crippen molar-refractivity contribution in [3.63, 3.8) is 0 Å². The fourth-order valence-electron chi connectivity index (χ4n) is 3.85. The maximum Gasteiger partial charge on any atom is 0.256 e. The third-order valence-electron chi connectivity index (χ3n) is 5.40. The molecule has 1 saturated heterocycles. The number of amides is 1. The van der Waals surface area contributed by atoms with Crippen LogP contribution in [0.25, 0.3) is 16.6 Å². The zero-order chi connectivity index (χ0) is 20.8. The Hall–Kier alpha value is -3.26. The van der Waals surface area contributed by atoms with Crippen molar-refractivity contribution in [1.29, 1.82) is 0 Å². The first-order valence-corrected chi connectivity index (χ1v) is 10.0. The topological polar surface area (TPSA) is 66.6 Å². The molecule has 2 aromatic heterocycles.